The number of hydrogen-bond acceptors (Lipinski definition) is 2. The van der Waals surface area contributed by atoms with Crippen LogP contribution in [0, 0.1) is 0 Å². The Kier molecular flexibility index (Phi) is 2.04. The predicted octanol–water partition coefficient (Wildman–Crippen LogP) is 1.13. The van der Waals surface area contributed by atoms with Gasteiger partial charge in [-0.15, -0.1) is 0 Å². The van der Waals surface area contributed by atoms with Crippen LogP contribution < -0.4 is 9.96 Å². The lowest BCUT2D eigenvalue weighted by atomic mass is 10.2. The highest BCUT2D eigenvalue weighted by Gasteiger charge is 2.22. The van der Waals surface area contributed by atoms with E-state index in [9.17, 15) is 9.90 Å². The van der Waals surface area contributed by atoms with Gasteiger partial charge in [0.2, 0.25) is 0 Å². The van der Waals surface area contributed by atoms with Gasteiger partial charge < -0.3 is 5.11 Å². The second kappa shape index (κ2) is 3.45. The third-order valence-corrected chi connectivity index (χ3v) is 3.10. The first-order chi connectivity index (χ1) is 8.24. The molecule has 4 heteroatoms. The van der Waals surface area contributed by atoms with Crippen LogP contribution in [0.5, 0.6) is 5.88 Å². The lowest BCUT2D eigenvalue weighted by Gasteiger charge is -2.02. The largest absolute Gasteiger partial charge is 0.477 e. The summed E-state index contributed by atoms with van der Waals surface area (Å²) < 4.78 is 3.27. The van der Waals surface area contributed by atoms with Gasteiger partial charge in [-0.05, 0) is 24.6 Å². The van der Waals surface area contributed by atoms with E-state index in [4.69, 9.17) is 0 Å². The zero-order chi connectivity index (χ0) is 12.0. The van der Waals surface area contributed by atoms with E-state index in [0.717, 1.165) is 17.5 Å². The molecule has 0 fully saturated rings. The van der Waals surface area contributed by atoms with Crippen LogP contribution >= 0.6 is 0 Å². The van der Waals surface area contributed by atoms with Crippen molar-refractivity contribution in [1.29, 1.82) is 0 Å². The SMILES string of the molecule is CCCc1c(O)[n+]2cccc3ccn(c1=O)c32. The summed E-state index contributed by atoms with van der Waals surface area (Å²) in [6.45, 7) is 1.99. The first kappa shape index (κ1) is 10.1. The Hall–Kier alpha value is -2.10. The van der Waals surface area contributed by atoms with Crippen LogP contribution in [0.1, 0.15) is 18.9 Å². The van der Waals surface area contributed by atoms with E-state index in [0.29, 0.717) is 12.0 Å². The third-order valence-electron chi connectivity index (χ3n) is 3.10. The zero-order valence-corrected chi connectivity index (χ0v) is 9.55. The lowest BCUT2D eigenvalue weighted by molar-refractivity contribution is -0.525. The molecular formula is C13H13N2O2+. The fourth-order valence-corrected chi connectivity index (χ4v) is 2.32. The topological polar surface area (TPSA) is 45.8 Å². The molecule has 0 unspecified atom stereocenters. The highest BCUT2D eigenvalue weighted by atomic mass is 16.3. The van der Waals surface area contributed by atoms with E-state index >= 15 is 0 Å². The van der Waals surface area contributed by atoms with E-state index in [1.165, 1.54) is 0 Å². The number of nitrogens with zero attached hydrogens (tertiary/aromatic N) is 2. The number of hydrogen-bond donors (Lipinski definition) is 1. The van der Waals surface area contributed by atoms with Crippen LogP contribution in [0.2, 0.25) is 0 Å². The molecule has 0 atom stereocenters. The molecule has 0 aromatic carbocycles. The smallest absolute Gasteiger partial charge is 0.349 e. The highest BCUT2D eigenvalue weighted by Crippen LogP contribution is 2.15. The second-order valence-corrected chi connectivity index (χ2v) is 4.20. The van der Waals surface area contributed by atoms with E-state index in [-0.39, 0.29) is 11.4 Å². The summed E-state index contributed by atoms with van der Waals surface area (Å²) in [6.07, 6.45) is 4.95. The minimum Gasteiger partial charge on any atom is -0.477 e. The van der Waals surface area contributed by atoms with Crippen LogP contribution in [0.4, 0.5) is 0 Å². The van der Waals surface area contributed by atoms with Crippen LogP contribution in [0.25, 0.3) is 11.0 Å². The molecule has 3 rings (SSSR count). The van der Waals surface area contributed by atoms with Crippen molar-refractivity contribution >= 4 is 11.0 Å². The van der Waals surface area contributed by atoms with E-state index in [1.54, 1.807) is 21.2 Å². The summed E-state index contributed by atoms with van der Waals surface area (Å²) in [4.78, 5) is 12.2. The molecule has 0 amide bonds. The summed E-state index contributed by atoms with van der Waals surface area (Å²) in [6, 6.07) is 5.67. The van der Waals surface area contributed by atoms with Gasteiger partial charge in [0.1, 0.15) is 11.8 Å². The number of pyridine rings is 1. The first-order valence-corrected chi connectivity index (χ1v) is 5.73. The van der Waals surface area contributed by atoms with Crippen LogP contribution in [0.3, 0.4) is 0 Å². The van der Waals surface area contributed by atoms with Crippen molar-refractivity contribution in [3.05, 3.63) is 46.5 Å². The summed E-state index contributed by atoms with van der Waals surface area (Å²) in [5.41, 5.74) is 1.09. The molecule has 17 heavy (non-hydrogen) atoms. The maximum absolute atomic E-state index is 12.2. The molecule has 0 saturated carbocycles. The summed E-state index contributed by atoms with van der Waals surface area (Å²) >= 11 is 0. The Morgan fingerprint density at radius 1 is 1.41 bits per heavy atom. The van der Waals surface area contributed by atoms with Gasteiger partial charge in [-0.2, -0.15) is 8.80 Å². The molecule has 3 aromatic rings. The standard InChI is InChI=1S/C13H12N2O2/c1-2-4-10-12(16)14-7-3-5-9-6-8-15(11(9)14)13(10)17/h3,5-8H,2,4H2,1H3/p+1. The quantitative estimate of drug-likeness (QED) is 0.670. The van der Waals surface area contributed by atoms with Crippen molar-refractivity contribution < 1.29 is 9.51 Å². The second-order valence-electron chi connectivity index (χ2n) is 4.20. The minimum atomic E-state index is -0.120. The van der Waals surface area contributed by atoms with Gasteiger partial charge in [0.05, 0.1) is 11.6 Å². The Balaban J connectivity index is 2.56. The molecule has 0 aliphatic rings. The predicted molar refractivity (Wildman–Crippen MR) is 63.7 cm³/mol. The average Bonchev–Trinajstić information content (AvgIpc) is 2.77. The van der Waals surface area contributed by atoms with Gasteiger partial charge >= 0.3 is 11.2 Å². The van der Waals surface area contributed by atoms with E-state index < -0.39 is 0 Å². The first-order valence-electron chi connectivity index (χ1n) is 5.73. The fraction of sp³-hybridized carbons (Fsp3) is 0.231. The molecule has 0 aliphatic heterocycles. The molecule has 0 radical (unpaired) electrons. The maximum Gasteiger partial charge on any atom is 0.349 e. The molecule has 0 bridgehead atoms. The molecule has 86 valence electrons. The Labute approximate surface area is 97.7 Å². The van der Waals surface area contributed by atoms with Gasteiger partial charge in [-0.1, -0.05) is 13.3 Å². The number of rotatable bonds is 2. The van der Waals surface area contributed by atoms with E-state index in [1.807, 2.05) is 25.1 Å². The fourth-order valence-electron chi connectivity index (χ4n) is 2.32. The Bertz CT molecular complexity index is 746. The van der Waals surface area contributed by atoms with Crippen molar-refractivity contribution in [1.82, 2.24) is 4.40 Å². The maximum atomic E-state index is 12.2. The Morgan fingerprint density at radius 3 is 3.00 bits per heavy atom. The summed E-state index contributed by atoms with van der Waals surface area (Å²) in [5, 5.41) is 11.1. The Morgan fingerprint density at radius 2 is 2.24 bits per heavy atom. The van der Waals surface area contributed by atoms with Crippen molar-refractivity contribution in [2.75, 3.05) is 0 Å². The van der Waals surface area contributed by atoms with Crippen LogP contribution in [-0.4, -0.2) is 9.51 Å². The van der Waals surface area contributed by atoms with Crippen molar-refractivity contribution in [2.45, 2.75) is 19.8 Å². The molecular weight excluding hydrogens is 216 g/mol. The lowest BCUT2D eigenvalue weighted by Crippen LogP contribution is -2.32. The monoisotopic (exact) mass is 229 g/mol. The third kappa shape index (κ3) is 1.24. The number of aromatic nitrogens is 2. The molecule has 4 nitrogen and oxygen atoms in total. The molecule has 0 saturated heterocycles. The zero-order valence-electron chi connectivity index (χ0n) is 9.55. The molecule has 3 aromatic heterocycles. The summed E-state index contributed by atoms with van der Waals surface area (Å²) in [5.74, 6) is 0.0636. The molecule has 0 aliphatic carbocycles. The van der Waals surface area contributed by atoms with Gasteiger partial charge in [-0.25, -0.2) is 4.79 Å². The van der Waals surface area contributed by atoms with Gasteiger partial charge in [0, 0.05) is 0 Å². The minimum absolute atomic E-state index is 0.0636. The van der Waals surface area contributed by atoms with Gasteiger partial charge in [-0.3, -0.25) is 0 Å². The van der Waals surface area contributed by atoms with Crippen molar-refractivity contribution in [3.8, 4) is 5.88 Å². The van der Waals surface area contributed by atoms with Crippen LogP contribution in [0.15, 0.2) is 35.4 Å². The summed E-state index contributed by atoms with van der Waals surface area (Å²) in [7, 11) is 0. The van der Waals surface area contributed by atoms with Gasteiger partial charge in [0.15, 0.2) is 0 Å². The molecule has 0 spiro atoms. The highest BCUT2D eigenvalue weighted by molar-refractivity contribution is 5.73. The average molecular weight is 229 g/mol. The van der Waals surface area contributed by atoms with Gasteiger partial charge in [0.25, 0.3) is 5.88 Å². The van der Waals surface area contributed by atoms with Crippen molar-refractivity contribution in [3.63, 3.8) is 0 Å². The number of aromatic hydroxyl groups is 1. The van der Waals surface area contributed by atoms with E-state index in [2.05, 4.69) is 0 Å². The normalized spacial score (nSPS) is 11.6. The molecule has 3 heterocycles. The van der Waals surface area contributed by atoms with Crippen molar-refractivity contribution in [2.24, 2.45) is 0 Å². The van der Waals surface area contributed by atoms with Crippen LogP contribution in [-0.2, 0) is 6.42 Å². The molecule has 1 N–H and O–H groups in total.